The lowest BCUT2D eigenvalue weighted by Gasteiger charge is -2.53. The number of likely N-dealkylation sites (tertiary alicyclic amines) is 1. The number of hydrogen-bond donors (Lipinski definition) is 1. The van der Waals surface area contributed by atoms with Gasteiger partial charge in [0.15, 0.2) is 0 Å². The summed E-state index contributed by atoms with van der Waals surface area (Å²) in [6, 6.07) is 12.0. The molecule has 0 spiro atoms. The number of pyridine rings is 1. The number of para-hydroxylation sites is 1. The van der Waals surface area contributed by atoms with Crippen LogP contribution in [0.4, 0.5) is 0 Å². The van der Waals surface area contributed by atoms with Gasteiger partial charge >= 0.3 is 0 Å². The number of benzene rings is 1. The summed E-state index contributed by atoms with van der Waals surface area (Å²) in [6.07, 6.45) is 11.3. The lowest BCUT2D eigenvalue weighted by molar-refractivity contribution is -0.145. The number of nitrogens with zero attached hydrogens (tertiary/aromatic N) is 2. The van der Waals surface area contributed by atoms with E-state index in [1.54, 1.807) is 13.3 Å². The zero-order valence-corrected chi connectivity index (χ0v) is 15.9. The molecule has 0 unspecified atom stereocenters. The van der Waals surface area contributed by atoms with Gasteiger partial charge in [0.1, 0.15) is 5.75 Å². The van der Waals surface area contributed by atoms with Crippen LogP contribution in [0, 0.1) is 11.8 Å². The molecule has 1 saturated carbocycles. The first-order valence-electron chi connectivity index (χ1n) is 9.86. The van der Waals surface area contributed by atoms with E-state index in [4.69, 9.17) is 4.74 Å². The highest BCUT2D eigenvalue weighted by molar-refractivity contribution is 5.57. The molecular formula is C23H28N2O2. The molecule has 1 aliphatic heterocycles. The predicted octanol–water partition coefficient (Wildman–Crippen LogP) is 3.72. The second-order valence-corrected chi connectivity index (χ2v) is 7.75. The van der Waals surface area contributed by atoms with Crippen molar-refractivity contribution < 1.29 is 9.84 Å². The highest BCUT2D eigenvalue weighted by Gasteiger charge is 2.51. The van der Waals surface area contributed by atoms with E-state index in [0.717, 1.165) is 49.4 Å². The largest absolute Gasteiger partial charge is 0.496 e. The Labute approximate surface area is 161 Å². The van der Waals surface area contributed by atoms with Gasteiger partial charge in [0.2, 0.25) is 0 Å². The van der Waals surface area contributed by atoms with E-state index in [0.29, 0.717) is 0 Å². The van der Waals surface area contributed by atoms with Crippen LogP contribution in [0.15, 0.2) is 54.9 Å². The van der Waals surface area contributed by atoms with Crippen molar-refractivity contribution in [3.05, 3.63) is 66.0 Å². The number of aromatic nitrogens is 1. The molecule has 0 amide bonds. The van der Waals surface area contributed by atoms with Crippen LogP contribution in [-0.4, -0.2) is 41.7 Å². The minimum absolute atomic E-state index is 0.272. The second-order valence-electron chi connectivity index (χ2n) is 7.75. The van der Waals surface area contributed by atoms with Crippen molar-refractivity contribution in [3.8, 4) is 5.75 Å². The first kappa shape index (κ1) is 18.2. The maximum atomic E-state index is 11.6. The average Bonchev–Trinajstić information content (AvgIpc) is 2.69. The summed E-state index contributed by atoms with van der Waals surface area (Å²) in [4.78, 5) is 6.73. The average molecular weight is 364 g/mol. The summed E-state index contributed by atoms with van der Waals surface area (Å²) < 4.78 is 5.42. The van der Waals surface area contributed by atoms with Crippen LogP contribution in [0.25, 0.3) is 6.08 Å². The van der Waals surface area contributed by atoms with Gasteiger partial charge in [-0.15, -0.1) is 0 Å². The Balaban J connectivity index is 1.47. The van der Waals surface area contributed by atoms with Gasteiger partial charge in [-0.2, -0.15) is 0 Å². The van der Waals surface area contributed by atoms with E-state index in [-0.39, 0.29) is 11.8 Å². The Morgan fingerprint density at radius 3 is 2.67 bits per heavy atom. The third-order valence-corrected chi connectivity index (χ3v) is 6.23. The van der Waals surface area contributed by atoms with Crippen LogP contribution in [-0.2, 0) is 5.60 Å². The molecule has 1 aliphatic carbocycles. The predicted molar refractivity (Wildman–Crippen MR) is 107 cm³/mol. The first-order valence-corrected chi connectivity index (χ1v) is 9.86. The SMILES string of the molecule is COc1ccccc1/C=C/CN1C[C@@H]2CCC[C@@H](C1)C2(O)c1cccnc1. The number of hydrogen-bond acceptors (Lipinski definition) is 4. The number of methoxy groups -OCH3 is 1. The molecule has 2 bridgehead atoms. The van der Waals surface area contributed by atoms with Crippen LogP contribution in [0.2, 0.25) is 0 Å². The van der Waals surface area contributed by atoms with Crippen molar-refractivity contribution in [2.45, 2.75) is 24.9 Å². The van der Waals surface area contributed by atoms with Crippen LogP contribution in [0.5, 0.6) is 5.75 Å². The number of ether oxygens (including phenoxy) is 1. The van der Waals surface area contributed by atoms with E-state index in [2.05, 4.69) is 28.1 Å². The molecule has 142 valence electrons. The minimum Gasteiger partial charge on any atom is -0.496 e. The number of fused-ring (bicyclic) bond motifs is 2. The monoisotopic (exact) mass is 364 g/mol. The lowest BCUT2D eigenvalue weighted by atomic mass is 9.63. The Morgan fingerprint density at radius 1 is 1.19 bits per heavy atom. The second kappa shape index (κ2) is 7.83. The number of aliphatic hydroxyl groups is 1. The van der Waals surface area contributed by atoms with Crippen molar-refractivity contribution in [2.75, 3.05) is 26.7 Å². The molecule has 4 rings (SSSR count). The summed E-state index contributed by atoms with van der Waals surface area (Å²) in [5, 5.41) is 11.6. The van der Waals surface area contributed by atoms with Gasteiger partial charge in [-0.1, -0.05) is 42.8 Å². The smallest absolute Gasteiger partial charge is 0.126 e. The molecule has 4 heteroatoms. The van der Waals surface area contributed by atoms with Gasteiger partial charge in [-0.3, -0.25) is 9.88 Å². The Morgan fingerprint density at radius 2 is 1.96 bits per heavy atom. The quantitative estimate of drug-likeness (QED) is 0.878. The van der Waals surface area contributed by atoms with E-state index < -0.39 is 5.60 Å². The molecule has 2 fully saturated rings. The van der Waals surface area contributed by atoms with Crippen molar-refractivity contribution >= 4 is 6.08 Å². The van der Waals surface area contributed by atoms with Crippen LogP contribution < -0.4 is 4.74 Å². The molecule has 4 nitrogen and oxygen atoms in total. The zero-order chi connectivity index (χ0) is 18.7. The van der Waals surface area contributed by atoms with Crippen molar-refractivity contribution in [2.24, 2.45) is 11.8 Å². The maximum absolute atomic E-state index is 11.6. The highest BCUT2D eigenvalue weighted by Crippen LogP contribution is 2.48. The Kier molecular flexibility index (Phi) is 5.28. The third kappa shape index (κ3) is 3.52. The van der Waals surface area contributed by atoms with Crippen LogP contribution >= 0.6 is 0 Å². The zero-order valence-electron chi connectivity index (χ0n) is 15.9. The van der Waals surface area contributed by atoms with E-state index in [9.17, 15) is 5.11 Å². The van der Waals surface area contributed by atoms with Gasteiger partial charge in [-0.25, -0.2) is 0 Å². The summed E-state index contributed by atoms with van der Waals surface area (Å²) in [5.41, 5.74) is 1.36. The van der Waals surface area contributed by atoms with Gasteiger partial charge < -0.3 is 9.84 Å². The molecule has 1 aromatic carbocycles. The Bertz CT molecular complexity index is 776. The minimum atomic E-state index is -0.727. The van der Waals surface area contributed by atoms with Gasteiger partial charge in [-0.05, 0) is 25.0 Å². The summed E-state index contributed by atoms with van der Waals surface area (Å²) in [7, 11) is 1.71. The number of rotatable bonds is 5. The summed E-state index contributed by atoms with van der Waals surface area (Å²) in [6.45, 7) is 2.75. The molecule has 1 saturated heterocycles. The van der Waals surface area contributed by atoms with Gasteiger partial charge in [0, 0.05) is 55.0 Å². The molecule has 2 aliphatic rings. The molecule has 2 aromatic rings. The highest BCUT2D eigenvalue weighted by atomic mass is 16.5. The van der Waals surface area contributed by atoms with Crippen molar-refractivity contribution in [3.63, 3.8) is 0 Å². The molecule has 2 atom stereocenters. The fraction of sp³-hybridized carbons (Fsp3) is 0.435. The summed E-state index contributed by atoms with van der Waals surface area (Å²) >= 11 is 0. The fourth-order valence-corrected chi connectivity index (χ4v) is 4.90. The van der Waals surface area contributed by atoms with E-state index in [1.807, 2.05) is 36.5 Å². The molecule has 27 heavy (non-hydrogen) atoms. The summed E-state index contributed by atoms with van der Waals surface area (Å²) in [5.74, 6) is 1.44. The van der Waals surface area contributed by atoms with Gasteiger partial charge in [0.25, 0.3) is 0 Å². The molecular weight excluding hydrogens is 336 g/mol. The van der Waals surface area contributed by atoms with Crippen LogP contribution in [0.3, 0.4) is 0 Å². The lowest BCUT2D eigenvalue weighted by Crippen LogP contribution is -2.58. The fourth-order valence-electron chi connectivity index (χ4n) is 4.90. The molecule has 0 radical (unpaired) electrons. The van der Waals surface area contributed by atoms with Gasteiger partial charge in [0.05, 0.1) is 12.7 Å². The molecule has 2 heterocycles. The standard InChI is InChI=1S/C23H28N2O2/c1-27-22-12-3-2-7-18(22)8-6-14-25-16-20-9-4-10-21(17-25)23(20,26)19-11-5-13-24-15-19/h2-3,5-8,11-13,15,20-21,26H,4,9-10,14,16-17H2,1H3/b8-6+/t20-,21-/m0/s1. The molecule has 1 aromatic heterocycles. The van der Waals surface area contributed by atoms with E-state index >= 15 is 0 Å². The molecule has 1 N–H and O–H groups in total. The maximum Gasteiger partial charge on any atom is 0.126 e. The first-order chi connectivity index (χ1) is 13.2. The number of piperidine rings is 1. The van der Waals surface area contributed by atoms with Crippen molar-refractivity contribution in [1.29, 1.82) is 0 Å². The topological polar surface area (TPSA) is 45.6 Å². The van der Waals surface area contributed by atoms with Crippen LogP contribution in [0.1, 0.15) is 30.4 Å². The van der Waals surface area contributed by atoms with Crippen molar-refractivity contribution in [1.82, 2.24) is 9.88 Å². The Hall–Kier alpha value is -2.17. The third-order valence-electron chi connectivity index (χ3n) is 6.23. The van der Waals surface area contributed by atoms with E-state index in [1.165, 1.54) is 6.42 Å². The normalized spacial score (nSPS) is 28.4.